The van der Waals surface area contributed by atoms with Gasteiger partial charge in [-0.15, -0.1) is 11.3 Å². The fourth-order valence-electron chi connectivity index (χ4n) is 1.97. The fourth-order valence-corrected chi connectivity index (χ4v) is 2.60. The Hall–Kier alpha value is -1.49. The molecule has 2 heterocycles. The van der Waals surface area contributed by atoms with Crippen LogP contribution in [0.3, 0.4) is 0 Å². The van der Waals surface area contributed by atoms with Gasteiger partial charge < -0.3 is 5.32 Å². The van der Waals surface area contributed by atoms with Crippen LogP contribution in [0.25, 0.3) is 0 Å². The maximum absolute atomic E-state index is 4.69. The molecule has 1 N–H and O–H groups in total. The van der Waals surface area contributed by atoms with Gasteiger partial charge in [0.05, 0.1) is 10.7 Å². The van der Waals surface area contributed by atoms with Gasteiger partial charge in [0.1, 0.15) is 11.6 Å². The minimum absolute atomic E-state index is 0.582. The van der Waals surface area contributed by atoms with Crippen LogP contribution >= 0.6 is 11.3 Å². The first-order valence-electron chi connectivity index (χ1n) is 6.85. The smallest absolute Gasteiger partial charge is 0.134 e. The molecule has 0 aromatic carbocycles. The Labute approximate surface area is 117 Å². The third kappa shape index (κ3) is 3.29. The summed E-state index contributed by atoms with van der Waals surface area (Å²) in [6, 6.07) is 2.06. The SMILES string of the molecule is CCCNc1cc(Cc2nccs2)nc(C2CC2)n1. The highest BCUT2D eigenvalue weighted by atomic mass is 32.1. The van der Waals surface area contributed by atoms with Crippen LogP contribution in [-0.2, 0) is 6.42 Å². The van der Waals surface area contributed by atoms with Gasteiger partial charge in [-0.1, -0.05) is 6.92 Å². The van der Waals surface area contributed by atoms with Crippen molar-refractivity contribution in [1.82, 2.24) is 15.0 Å². The molecular formula is C14H18N4S. The fraction of sp³-hybridized carbons (Fsp3) is 0.500. The monoisotopic (exact) mass is 274 g/mol. The highest BCUT2D eigenvalue weighted by Crippen LogP contribution is 2.38. The summed E-state index contributed by atoms with van der Waals surface area (Å²) < 4.78 is 0. The summed E-state index contributed by atoms with van der Waals surface area (Å²) in [6.45, 7) is 3.12. The zero-order chi connectivity index (χ0) is 13.1. The number of anilines is 1. The van der Waals surface area contributed by atoms with Crippen molar-refractivity contribution in [2.75, 3.05) is 11.9 Å². The van der Waals surface area contributed by atoms with Gasteiger partial charge >= 0.3 is 0 Å². The van der Waals surface area contributed by atoms with Crippen molar-refractivity contribution in [2.24, 2.45) is 0 Å². The second-order valence-corrected chi connectivity index (χ2v) is 5.89. The van der Waals surface area contributed by atoms with E-state index in [-0.39, 0.29) is 0 Å². The molecule has 0 bridgehead atoms. The summed E-state index contributed by atoms with van der Waals surface area (Å²) in [5.41, 5.74) is 1.07. The van der Waals surface area contributed by atoms with Gasteiger partial charge in [0.15, 0.2) is 0 Å². The summed E-state index contributed by atoms with van der Waals surface area (Å²) in [6.07, 6.45) is 6.21. The van der Waals surface area contributed by atoms with Crippen LogP contribution in [0, 0.1) is 0 Å². The highest BCUT2D eigenvalue weighted by molar-refractivity contribution is 7.09. The topological polar surface area (TPSA) is 50.7 Å². The van der Waals surface area contributed by atoms with Gasteiger partial charge in [0.25, 0.3) is 0 Å². The molecule has 19 heavy (non-hydrogen) atoms. The first-order valence-corrected chi connectivity index (χ1v) is 7.73. The number of hydrogen-bond donors (Lipinski definition) is 1. The van der Waals surface area contributed by atoms with Gasteiger partial charge in [-0.2, -0.15) is 0 Å². The molecule has 1 fully saturated rings. The minimum Gasteiger partial charge on any atom is -0.370 e. The molecule has 0 aliphatic heterocycles. The van der Waals surface area contributed by atoms with Crippen LogP contribution in [-0.4, -0.2) is 21.5 Å². The second-order valence-electron chi connectivity index (χ2n) is 4.91. The van der Waals surface area contributed by atoms with Crippen molar-refractivity contribution < 1.29 is 0 Å². The van der Waals surface area contributed by atoms with E-state index in [0.29, 0.717) is 5.92 Å². The lowest BCUT2D eigenvalue weighted by Crippen LogP contribution is -2.07. The number of nitrogens with one attached hydrogen (secondary N) is 1. The van der Waals surface area contributed by atoms with E-state index in [9.17, 15) is 0 Å². The quantitative estimate of drug-likeness (QED) is 0.878. The standard InChI is InChI=1S/C14H18N4S/c1-2-5-15-12-8-11(9-13-16-6-7-19-13)17-14(18-12)10-3-4-10/h6-8,10H,2-5,9H2,1H3,(H,15,17,18). The maximum atomic E-state index is 4.69. The minimum atomic E-state index is 0.582. The molecule has 4 nitrogen and oxygen atoms in total. The van der Waals surface area contributed by atoms with Crippen molar-refractivity contribution in [2.45, 2.75) is 38.5 Å². The van der Waals surface area contributed by atoms with Crippen molar-refractivity contribution in [1.29, 1.82) is 0 Å². The van der Waals surface area contributed by atoms with Gasteiger partial charge in [-0.05, 0) is 19.3 Å². The van der Waals surface area contributed by atoms with Gasteiger partial charge in [0, 0.05) is 36.5 Å². The highest BCUT2D eigenvalue weighted by Gasteiger charge is 2.27. The maximum Gasteiger partial charge on any atom is 0.134 e. The van der Waals surface area contributed by atoms with Crippen LogP contribution in [0.1, 0.15) is 48.6 Å². The van der Waals surface area contributed by atoms with E-state index in [4.69, 9.17) is 4.98 Å². The van der Waals surface area contributed by atoms with Crippen LogP contribution in [0.2, 0.25) is 0 Å². The van der Waals surface area contributed by atoms with E-state index in [1.165, 1.54) is 12.8 Å². The zero-order valence-electron chi connectivity index (χ0n) is 11.1. The Morgan fingerprint density at radius 3 is 2.95 bits per heavy atom. The van der Waals surface area contributed by atoms with Crippen LogP contribution in [0.5, 0.6) is 0 Å². The number of nitrogens with zero attached hydrogens (tertiary/aromatic N) is 3. The predicted octanol–water partition coefficient (Wildman–Crippen LogP) is 3.22. The lowest BCUT2D eigenvalue weighted by atomic mass is 10.2. The summed E-state index contributed by atoms with van der Waals surface area (Å²) in [4.78, 5) is 13.6. The van der Waals surface area contributed by atoms with E-state index >= 15 is 0 Å². The van der Waals surface area contributed by atoms with Crippen molar-refractivity contribution in [3.8, 4) is 0 Å². The average Bonchev–Trinajstić information content (AvgIpc) is 3.16. The van der Waals surface area contributed by atoms with Crippen LogP contribution in [0.15, 0.2) is 17.6 Å². The molecule has 0 amide bonds. The molecule has 1 aliphatic carbocycles. The zero-order valence-corrected chi connectivity index (χ0v) is 11.9. The molecule has 2 aromatic rings. The molecule has 5 heteroatoms. The molecule has 0 unspecified atom stereocenters. The van der Waals surface area contributed by atoms with E-state index in [0.717, 1.165) is 41.7 Å². The summed E-state index contributed by atoms with van der Waals surface area (Å²) in [5, 5.41) is 6.49. The summed E-state index contributed by atoms with van der Waals surface area (Å²) >= 11 is 1.68. The van der Waals surface area contributed by atoms with Crippen molar-refractivity contribution >= 4 is 17.2 Å². The Morgan fingerprint density at radius 1 is 1.37 bits per heavy atom. The van der Waals surface area contributed by atoms with E-state index < -0.39 is 0 Å². The Balaban J connectivity index is 1.82. The van der Waals surface area contributed by atoms with Gasteiger partial charge in [-0.3, -0.25) is 0 Å². The predicted molar refractivity (Wildman–Crippen MR) is 77.7 cm³/mol. The largest absolute Gasteiger partial charge is 0.370 e. The van der Waals surface area contributed by atoms with Crippen molar-refractivity contribution in [3.05, 3.63) is 34.2 Å². The Morgan fingerprint density at radius 2 is 2.26 bits per heavy atom. The van der Waals surface area contributed by atoms with Crippen molar-refractivity contribution in [3.63, 3.8) is 0 Å². The molecule has 0 spiro atoms. The molecule has 1 saturated carbocycles. The molecule has 0 saturated heterocycles. The number of thiazole rings is 1. The first kappa shape index (κ1) is 12.5. The summed E-state index contributed by atoms with van der Waals surface area (Å²) in [7, 11) is 0. The van der Waals surface area contributed by atoms with E-state index in [1.54, 1.807) is 11.3 Å². The Kier molecular flexibility index (Phi) is 3.73. The molecule has 100 valence electrons. The molecule has 3 rings (SSSR count). The first-order chi connectivity index (χ1) is 9.35. The molecule has 0 radical (unpaired) electrons. The summed E-state index contributed by atoms with van der Waals surface area (Å²) in [5.74, 6) is 2.55. The molecular weight excluding hydrogens is 256 g/mol. The number of hydrogen-bond acceptors (Lipinski definition) is 5. The van der Waals surface area contributed by atoms with Crippen LogP contribution < -0.4 is 5.32 Å². The third-order valence-corrected chi connectivity index (χ3v) is 3.89. The third-order valence-electron chi connectivity index (χ3n) is 3.11. The lowest BCUT2D eigenvalue weighted by Gasteiger charge is -2.08. The average molecular weight is 274 g/mol. The van der Waals surface area contributed by atoms with Gasteiger partial charge in [0.2, 0.25) is 0 Å². The number of aromatic nitrogens is 3. The van der Waals surface area contributed by atoms with E-state index in [2.05, 4.69) is 28.3 Å². The second kappa shape index (κ2) is 5.65. The molecule has 0 atom stereocenters. The Bertz CT molecular complexity index is 534. The molecule has 1 aliphatic rings. The number of rotatable bonds is 6. The normalized spacial score (nSPS) is 14.6. The van der Waals surface area contributed by atoms with Crippen LogP contribution in [0.4, 0.5) is 5.82 Å². The van der Waals surface area contributed by atoms with Gasteiger partial charge in [-0.25, -0.2) is 15.0 Å². The van der Waals surface area contributed by atoms with E-state index in [1.807, 2.05) is 11.6 Å². The lowest BCUT2D eigenvalue weighted by molar-refractivity contribution is 0.875. The molecule has 2 aromatic heterocycles.